The van der Waals surface area contributed by atoms with Crippen LogP contribution in [0.25, 0.3) is 5.69 Å². The normalized spacial score (nSPS) is 12.9. The molecule has 8 nitrogen and oxygen atoms in total. The smallest absolute Gasteiger partial charge is 0.320 e. The van der Waals surface area contributed by atoms with Gasteiger partial charge in [0.15, 0.2) is 5.82 Å². The number of urea groups is 1. The zero-order valence-corrected chi connectivity index (χ0v) is 15.7. The fraction of sp³-hybridized carbons (Fsp3) is 0.263. The molecule has 0 saturated heterocycles. The first kappa shape index (κ1) is 18.1. The number of nitrogens with zero attached hydrogens (tertiary/aromatic N) is 4. The third kappa shape index (κ3) is 3.70. The lowest BCUT2D eigenvalue weighted by atomic mass is 9.96. The van der Waals surface area contributed by atoms with Crippen LogP contribution in [0.5, 0.6) is 0 Å². The SMILES string of the molecule is N#Cc1cc(Cl)ccc1-n1ccc(NC(=O)NCc2noc3c2CCCC3)n1. The van der Waals surface area contributed by atoms with E-state index in [-0.39, 0.29) is 0 Å². The quantitative estimate of drug-likeness (QED) is 0.700. The van der Waals surface area contributed by atoms with Crippen molar-refractivity contribution in [1.29, 1.82) is 5.26 Å². The summed E-state index contributed by atoms with van der Waals surface area (Å²) in [5.74, 6) is 1.29. The van der Waals surface area contributed by atoms with Crippen LogP contribution in [-0.2, 0) is 19.4 Å². The number of hydrogen-bond donors (Lipinski definition) is 2. The molecule has 0 bridgehead atoms. The molecule has 0 radical (unpaired) electrons. The van der Waals surface area contributed by atoms with E-state index in [2.05, 4.69) is 27.0 Å². The number of halogens is 1. The van der Waals surface area contributed by atoms with Crippen LogP contribution in [0, 0.1) is 11.3 Å². The van der Waals surface area contributed by atoms with E-state index in [1.807, 2.05) is 0 Å². The van der Waals surface area contributed by atoms with Gasteiger partial charge in [0.05, 0.1) is 17.8 Å². The molecule has 1 aliphatic rings. The lowest BCUT2D eigenvalue weighted by Crippen LogP contribution is -2.29. The molecule has 0 fully saturated rings. The average Bonchev–Trinajstić information content (AvgIpc) is 3.33. The van der Waals surface area contributed by atoms with Crippen molar-refractivity contribution in [2.24, 2.45) is 0 Å². The highest BCUT2D eigenvalue weighted by Gasteiger charge is 2.19. The van der Waals surface area contributed by atoms with Gasteiger partial charge in [0.1, 0.15) is 17.5 Å². The monoisotopic (exact) mass is 396 g/mol. The van der Waals surface area contributed by atoms with Crippen molar-refractivity contribution < 1.29 is 9.32 Å². The number of fused-ring (bicyclic) bond motifs is 1. The molecule has 0 unspecified atom stereocenters. The maximum Gasteiger partial charge on any atom is 0.320 e. The number of hydrogen-bond acceptors (Lipinski definition) is 5. The summed E-state index contributed by atoms with van der Waals surface area (Å²) >= 11 is 5.92. The minimum atomic E-state index is -0.394. The Morgan fingerprint density at radius 3 is 3.04 bits per heavy atom. The van der Waals surface area contributed by atoms with Gasteiger partial charge in [-0.15, -0.1) is 5.10 Å². The highest BCUT2D eigenvalue weighted by atomic mass is 35.5. The summed E-state index contributed by atoms with van der Waals surface area (Å²) in [6.45, 7) is 0.293. The zero-order valence-electron chi connectivity index (χ0n) is 14.9. The fourth-order valence-corrected chi connectivity index (χ4v) is 3.41. The first-order chi connectivity index (χ1) is 13.6. The first-order valence-electron chi connectivity index (χ1n) is 8.91. The molecule has 142 valence electrons. The summed E-state index contributed by atoms with van der Waals surface area (Å²) in [6, 6.07) is 8.28. The molecular formula is C19H17ClN6O2. The maximum absolute atomic E-state index is 12.2. The van der Waals surface area contributed by atoms with E-state index in [1.54, 1.807) is 30.5 Å². The number of carbonyl (C=O) groups excluding carboxylic acids is 1. The van der Waals surface area contributed by atoms with E-state index in [1.165, 1.54) is 4.68 Å². The summed E-state index contributed by atoms with van der Waals surface area (Å²) in [6.07, 6.45) is 5.72. The van der Waals surface area contributed by atoms with Gasteiger partial charge in [-0.05, 0) is 37.5 Å². The predicted molar refractivity (Wildman–Crippen MR) is 102 cm³/mol. The van der Waals surface area contributed by atoms with Crippen LogP contribution < -0.4 is 10.6 Å². The third-order valence-electron chi connectivity index (χ3n) is 4.60. The first-order valence-corrected chi connectivity index (χ1v) is 9.28. The van der Waals surface area contributed by atoms with Gasteiger partial charge in [-0.1, -0.05) is 16.8 Å². The van der Waals surface area contributed by atoms with Gasteiger partial charge in [0.2, 0.25) is 0 Å². The molecule has 2 heterocycles. The Bertz CT molecular complexity index is 1060. The van der Waals surface area contributed by atoms with Crippen LogP contribution in [0.15, 0.2) is 35.0 Å². The van der Waals surface area contributed by atoms with E-state index in [9.17, 15) is 10.1 Å². The highest BCUT2D eigenvalue weighted by Crippen LogP contribution is 2.24. The molecule has 4 rings (SSSR count). The maximum atomic E-state index is 12.2. The fourth-order valence-electron chi connectivity index (χ4n) is 3.23. The largest absolute Gasteiger partial charge is 0.361 e. The lowest BCUT2D eigenvalue weighted by Gasteiger charge is -2.09. The van der Waals surface area contributed by atoms with Gasteiger partial charge < -0.3 is 9.84 Å². The Labute approximate surface area is 166 Å². The van der Waals surface area contributed by atoms with E-state index in [0.29, 0.717) is 28.6 Å². The summed E-state index contributed by atoms with van der Waals surface area (Å²) in [5, 5.41) is 23.5. The van der Waals surface area contributed by atoms with Crippen LogP contribution >= 0.6 is 11.6 Å². The van der Waals surface area contributed by atoms with Gasteiger partial charge in [-0.3, -0.25) is 5.32 Å². The van der Waals surface area contributed by atoms with Crippen molar-refractivity contribution in [3.05, 3.63) is 58.1 Å². The topological polar surface area (TPSA) is 109 Å². The minimum absolute atomic E-state index is 0.293. The number of nitriles is 1. The number of amides is 2. The minimum Gasteiger partial charge on any atom is -0.361 e. The summed E-state index contributed by atoms with van der Waals surface area (Å²) in [7, 11) is 0. The Kier molecular flexibility index (Phi) is 5.00. The Morgan fingerprint density at radius 1 is 1.32 bits per heavy atom. The van der Waals surface area contributed by atoms with Crippen molar-refractivity contribution in [2.75, 3.05) is 5.32 Å². The summed E-state index contributed by atoms with van der Waals surface area (Å²) < 4.78 is 6.86. The molecule has 0 saturated carbocycles. The second-order valence-corrected chi connectivity index (χ2v) is 6.90. The molecule has 28 heavy (non-hydrogen) atoms. The predicted octanol–water partition coefficient (Wildman–Crippen LogP) is 3.59. The highest BCUT2D eigenvalue weighted by molar-refractivity contribution is 6.30. The van der Waals surface area contributed by atoms with Crippen LogP contribution in [0.1, 0.15) is 35.4 Å². The molecule has 2 N–H and O–H groups in total. The van der Waals surface area contributed by atoms with Crippen LogP contribution in [0.4, 0.5) is 10.6 Å². The molecule has 1 aromatic carbocycles. The standard InChI is InChI=1S/C19H17ClN6O2/c20-13-5-6-16(12(9-13)10-21)26-8-7-18(24-26)23-19(27)22-11-15-14-3-1-2-4-17(14)28-25-15/h5-9H,1-4,11H2,(H2,22,23,24,27). The molecule has 0 atom stereocenters. The molecule has 1 aliphatic carbocycles. The third-order valence-corrected chi connectivity index (χ3v) is 4.84. The van der Waals surface area contributed by atoms with Crippen molar-refractivity contribution in [2.45, 2.75) is 32.2 Å². The van der Waals surface area contributed by atoms with Gasteiger partial charge in [-0.25, -0.2) is 9.48 Å². The summed E-state index contributed by atoms with van der Waals surface area (Å²) in [5.41, 5.74) is 2.86. The number of aromatic nitrogens is 3. The Balaban J connectivity index is 1.40. The van der Waals surface area contributed by atoms with E-state index in [4.69, 9.17) is 16.1 Å². The molecule has 0 spiro atoms. The van der Waals surface area contributed by atoms with Crippen molar-refractivity contribution >= 4 is 23.4 Å². The van der Waals surface area contributed by atoms with Gasteiger partial charge >= 0.3 is 6.03 Å². The van der Waals surface area contributed by atoms with Crippen molar-refractivity contribution in [1.82, 2.24) is 20.3 Å². The number of nitrogens with one attached hydrogen (secondary N) is 2. The van der Waals surface area contributed by atoms with Crippen LogP contribution in [0.3, 0.4) is 0 Å². The average molecular weight is 397 g/mol. The van der Waals surface area contributed by atoms with E-state index < -0.39 is 6.03 Å². The van der Waals surface area contributed by atoms with E-state index >= 15 is 0 Å². The molecule has 9 heteroatoms. The molecular weight excluding hydrogens is 380 g/mol. The number of aryl methyl sites for hydroxylation is 1. The number of anilines is 1. The van der Waals surface area contributed by atoms with E-state index in [0.717, 1.165) is 42.7 Å². The van der Waals surface area contributed by atoms with Crippen molar-refractivity contribution in [3.63, 3.8) is 0 Å². The number of rotatable bonds is 4. The molecule has 2 amide bonds. The van der Waals surface area contributed by atoms with Crippen molar-refractivity contribution in [3.8, 4) is 11.8 Å². The molecule has 3 aromatic rings. The van der Waals surface area contributed by atoms with Crippen LogP contribution in [-0.4, -0.2) is 21.0 Å². The number of carbonyl (C=O) groups is 1. The zero-order chi connectivity index (χ0) is 19.5. The molecule has 0 aliphatic heterocycles. The van der Waals surface area contributed by atoms with Crippen LogP contribution in [0.2, 0.25) is 5.02 Å². The van der Waals surface area contributed by atoms with Gasteiger partial charge in [0, 0.05) is 29.3 Å². The van der Waals surface area contributed by atoms with Gasteiger partial charge in [-0.2, -0.15) is 5.26 Å². The Morgan fingerprint density at radius 2 is 2.18 bits per heavy atom. The Hall–Kier alpha value is -3.31. The van der Waals surface area contributed by atoms with Gasteiger partial charge in [0.25, 0.3) is 0 Å². The number of benzene rings is 1. The molecule has 2 aromatic heterocycles. The second-order valence-electron chi connectivity index (χ2n) is 6.46. The second kappa shape index (κ2) is 7.74. The summed E-state index contributed by atoms with van der Waals surface area (Å²) in [4.78, 5) is 12.2. The lowest BCUT2D eigenvalue weighted by molar-refractivity contribution is 0.251.